The number of aromatic nitrogens is 2. The van der Waals surface area contributed by atoms with Crippen LogP contribution in [0.3, 0.4) is 0 Å². The summed E-state index contributed by atoms with van der Waals surface area (Å²) in [5.41, 5.74) is 21.5. The van der Waals surface area contributed by atoms with Crippen LogP contribution in [0.1, 0.15) is 44.5 Å². The molecule has 2 heteroatoms. The smallest absolute Gasteiger partial charge is 0.145 e. The van der Waals surface area contributed by atoms with Crippen LogP contribution in [0.2, 0.25) is 0 Å². The fraction of sp³-hybridized carbons (Fsp3) is 0.0328. The Morgan fingerprint density at radius 3 is 1.41 bits per heavy atom. The van der Waals surface area contributed by atoms with Gasteiger partial charge in [0.05, 0.1) is 21.9 Å². The second-order valence-corrected chi connectivity index (χ2v) is 17.3. The van der Waals surface area contributed by atoms with Gasteiger partial charge in [0.1, 0.15) is 5.82 Å². The Balaban J connectivity index is 1.06. The predicted molar refractivity (Wildman–Crippen MR) is 258 cm³/mol. The van der Waals surface area contributed by atoms with Crippen LogP contribution in [0.25, 0.3) is 72.3 Å². The monoisotopic (exact) mass is 798 g/mol. The van der Waals surface area contributed by atoms with E-state index in [1.54, 1.807) is 0 Å². The molecule has 0 saturated heterocycles. The molecular formula is C61H38N2. The van der Waals surface area contributed by atoms with Gasteiger partial charge in [-0.3, -0.25) is 4.57 Å². The van der Waals surface area contributed by atoms with Crippen molar-refractivity contribution < 1.29 is 0 Å². The molecular weight excluding hydrogens is 761 g/mol. The maximum atomic E-state index is 5.30. The summed E-state index contributed by atoms with van der Waals surface area (Å²) in [7, 11) is 0. The lowest BCUT2D eigenvalue weighted by Gasteiger charge is -2.49. The first-order valence-corrected chi connectivity index (χ1v) is 22.0. The van der Waals surface area contributed by atoms with Crippen molar-refractivity contribution in [2.75, 3.05) is 0 Å². The maximum Gasteiger partial charge on any atom is 0.145 e. The Hall–Kier alpha value is -8.07. The first kappa shape index (κ1) is 34.6. The first-order valence-electron chi connectivity index (χ1n) is 22.0. The topological polar surface area (TPSA) is 17.8 Å². The summed E-state index contributed by atoms with van der Waals surface area (Å²) in [6.45, 7) is 0. The SMILES string of the molecule is c1ccc2c(c1)-c1ccccc1C21c2ccccc2C2(c3ccccc3-c3ccccc32)c2c(-c3ccc(-c4nc5ccccc5n4-c4ccc5ccccc5c4)cc3)cccc21. The maximum absolute atomic E-state index is 5.30. The molecule has 0 bridgehead atoms. The Kier molecular flexibility index (Phi) is 7.00. The molecule has 0 N–H and O–H groups in total. The van der Waals surface area contributed by atoms with Crippen LogP contribution in [-0.2, 0) is 10.8 Å². The van der Waals surface area contributed by atoms with Crippen molar-refractivity contribution in [3.05, 3.63) is 275 Å². The molecule has 1 aromatic heterocycles. The van der Waals surface area contributed by atoms with Crippen molar-refractivity contribution in [1.82, 2.24) is 9.55 Å². The largest absolute Gasteiger partial charge is 0.292 e. The van der Waals surface area contributed by atoms with Gasteiger partial charge in [0.15, 0.2) is 0 Å². The quantitative estimate of drug-likeness (QED) is 0.174. The Bertz CT molecular complexity index is 3610. The van der Waals surface area contributed by atoms with Gasteiger partial charge < -0.3 is 0 Å². The minimum Gasteiger partial charge on any atom is -0.292 e. The Morgan fingerprint density at radius 2 is 0.778 bits per heavy atom. The molecule has 63 heavy (non-hydrogen) atoms. The second kappa shape index (κ2) is 12.7. The van der Waals surface area contributed by atoms with E-state index >= 15 is 0 Å². The molecule has 1 heterocycles. The molecule has 3 aliphatic rings. The zero-order valence-electron chi connectivity index (χ0n) is 34.3. The molecule has 292 valence electrons. The molecule has 0 aliphatic heterocycles. The summed E-state index contributed by atoms with van der Waals surface area (Å²) >= 11 is 0. The molecule has 0 fully saturated rings. The molecule has 14 rings (SSSR count). The van der Waals surface area contributed by atoms with Crippen molar-refractivity contribution in [3.63, 3.8) is 0 Å². The van der Waals surface area contributed by atoms with Crippen LogP contribution in [0.15, 0.2) is 231 Å². The summed E-state index contributed by atoms with van der Waals surface area (Å²) in [6, 6.07) is 86.0. The van der Waals surface area contributed by atoms with E-state index in [-0.39, 0.29) is 0 Å². The van der Waals surface area contributed by atoms with Crippen LogP contribution >= 0.6 is 0 Å². The minimum atomic E-state index is -0.573. The van der Waals surface area contributed by atoms with E-state index in [9.17, 15) is 0 Å². The molecule has 0 saturated carbocycles. The molecule has 11 aromatic rings. The highest BCUT2D eigenvalue weighted by molar-refractivity contribution is 5.96. The minimum absolute atomic E-state index is 0.530. The van der Waals surface area contributed by atoms with Crippen molar-refractivity contribution in [2.24, 2.45) is 0 Å². The van der Waals surface area contributed by atoms with Gasteiger partial charge in [-0.15, -0.1) is 0 Å². The van der Waals surface area contributed by atoms with Crippen molar-refractivity contribution in [2.45, 2.75) is 10.8 Å². The lowest BCUT2D eigenvalue weighted by atomic mass is 9.51. The number of hydrogen-bond acceptors (Lipinski definition) is 1. The molecule has 0 atom stereocenters. The second-order valence-electron chi connectivity index (χ2n) is 17.3. The van der Waals surface area contributed by atoms with Gasteiger partial charge in [-0.05, 0) is 113 Å². The zero-order chi connectivity index (χ0) is 41.3. The summed E-state index contributed by atoms with van der Waals surface area (Å²) in [5.74, 6) is 0.926. The zero-order valence-corrected chi connectivity index (χ0v) is 34.3. The predicted octanol–water partition coefficient (Wildman–Crippen LogP) is 14.6. The lowest BCUT2D eigenvalue weighted by Crippen LogP contribution is -2.44. The number of nitrogens with zero attached hydrogens (tertiary/aromatic N) is 2. The third-order valence-electron chi connectivity index (χ3n) is 14.5. The van der Waals surface area contributed by atoms with E-state index in [1.807, 2.05) is 0 Å². The summed E-state index contributed by atoms with van der Waals surface area (Å²) in [5, 5.41) is 2.43. The van der Waals surface area contributed by atoms with E-state index in [0.717, 1.165) is 28.1 Å². The summed E-state index contributed by atoms with van der Waals surface area (Å²) < 4.78 is 2.32. The number of para-hydroxylation sites is 2. The Morgan fingerprint density at radius 1 is 0.317 bits per heavy atom. The molecule has 0 unspecified atom stereocenters. The third kappa shape index (κ3) is 4.39. The van der Waals surface area contributed by atoms with E-state index in [1.165, 1.54) is 88.7 Å². The average molecular weight is 799 g/mol. The van der Waals surface area contributed by atoms with E-state index in [4.69, 9.17) is 4.98 Å². The highest BCUT2D eigenvalue weighted by Crippen LogP contribution is 2.68. The summed E-state index contributed by atoms with van der Waals surface area (Å²) in [6.07, 6.45) is 0. The van der Waals surface area contributed by atoms with Gasteiger partial charge in [-0.1, -0.05) is 206 Å². The number of rotatable bonds is 3. The van der Waals surface area contributed by atoms with Crippen LogP contribution in [0.5, 0.6) is 0 Å². The highest BCUT2D eigenvalue weighted by Gasteiger charge is 2.59. The van der Waals surface area contributed by atoms with Crippen LogP contribution < -0.4 is 0 Å². The average Bonchev–Trinajstić information content (AvgIpc) is 3.99. The number of fused-ring (bicyclic) bond motifs is 18. The molecule has 10 aromatic carbocycles. The number of benzene rings is 10. The van der Waals surface area contributed by atoms with Gasteiger partial charge in [-0.2, -0.15) is 0 Å². The Labute approximate surface area is 366 Å². The number of imidazole rings is 1. The first-order chi connectivity index (χ1) is 31.3. The fourth-order valence-corrected chi connectivity index (χ4v) is 12.1. The van der Waals surface area contributed by atoms with E-state index in [2.05, 4.69) is 235 Å². The van der Waals surface area contributed by atoms with Crippen LogP contribution in [-0.4, -0.2) is 9.55 Å². The van der Waals surface area contributed by atoms with Gasteiger partial charge in [0, 0.05) is 11.3 Å². The van der Waals surface area contributed by atoms with Crippen LogP contribution in [0.4, 0.5) is 0 Å². The van der Waals surface area contributed by atoms with E-state index < -0.39 is 10.8 Å². The van der Waals surface area contributed by atoms with Gasteiger partial charge in [0.2, 0.25) is 0 Å². The molecule has 3 aliphatic carbocycles. The number of hydrogen-bond donors (Lipinski definition) is 0. The summed E-state index contributed by atoms with van der Waals surface area (Å²) in [4.78, 5) is 5.30. The van der Waals surface area contributed by atoms with Gasteiger partial charge in [0.25, 0.3) is 0 Å². The molecule has 2 nitrogen and oxygen atoms in total. The van der Waals surface area contributed by atoms with Gasteiger partial charge >= 0.3 is 0 Å². The fourth-order valence-electron chi connectivity index (χ4n) is 12.1. The van der Waals surface area contributed by atoms with Crippen LogP contribution in [0, 0.1) is 0 Å². The van der Waals surface area contributed by atoms with Crippen molar-refractivity contribution >= 4 is 21.8 Å². The standard InChI is InChI=1S/C61H38N2/c1-2-17-42-38-43(37-36-39(42)16-1)63-57-31-14-13-30-56(57)62-59(63)41-34-32-40(33-35-41)44-22-15-29-55-58(44)61(51-25-9-5-20-47(51)48-21-6-10-26-52(48)61)54-28-12-11-27-53(54)60(55)49-23-7-3-18-45(49)46-19-4-8-24-50(46)60/h1-38H. The van der Waals surface area contributed by atoms with Gasteiger partial charge in [-0.25, -0.2) is 4.98 Å². The normalized spacial score (nSPS) is 14.3. The molecule has 0 amide bonds. The van der Waals surface area contributed by atoms with Crippen molar-refractivity contribution in [1.29, 1.82) is 0 Å². The van der Waals surface area contributed by atoms with Crippen molar-refractivity contribution in [3.8, 4) is 50.5 Å². The highest BCUT2D eigenvalue weighted by atomic mass is 15.1. The molecule has 2 spiro atoms. The lowest BCUT2D eigenvalue weighted by molar-refractivity contribution is 0.634. The third-order valence-corrected chi connectivity index (χ3v) is 14.5. The molecule has 0 radical (unpaired) electrons. The van der Waals surface area contributed by atoms with E-state index in [0.29, 0.717) is 0 Å².